The van der Waals surface area contributed by atoms with E-state index in [9.17, 15) is 18.0 Å². The van der Waals surface area contributed by atoms with Crippen LogP contribution in [0.15, 0.2) is 15.7 Å². The average Bonchev–Trinajstić information content (AvgIpc) is 2.89. The van der Waals surface area contributed by atoms with Crippen molar-refractivity contribution in [1.29, 1.82) is 0 Å². The summed E-state index contributed by atoms with van der Waals surface area (Å²) in [6, 6.07) is 0.918. The molecule has 21 heavy (non-hydrogen) atoms. The van der Waals surface area contributed by atoms with E-state index in [0.29, 0.717) is 25.9 Å². The highest BCUT2D eigenvalue weighted by molar-refractivity contribution is 7.91. The fourth-order valence-corrected chi connectivity index (χ4v) is 4.63. The highest BCUT2D eigenvalue weighted by Gasteiger charge is 2.26. The maximum atomic E-state index is 12.2. The van der Waals surface area contributed by atoms with Gasteiger partial charge in [-0.1, -0.05) is 0 Å². The molecule has 0 aliphatic carbocycles. The van der Waals surface area contributed by atoms with E-state index in [2.05, 4.69) is 4.72 Å². The van der Waals surface area contributed by atoms with Crippen LogP contribution in [0.25, 0.3) is 0 Å². The number of amides is 1. The summed E-state index contributed by atoms with van der Waals surface area (Å²) in [6.45, 7) is 2.53. The smallest absolute Gasteiger partial charge is 0.336 e. The van der Waals surface area contributed by atoms with Gasteiger partial charge in [-0.15, -0.1) is 11.3 Å². The molecule has 1 aliphatic heterocycles. The normalized spacial score (nSPS) is 16.9. The number of rotatable bonds is 4. The highest BCUT2D eigenvalue weighted by atomic mass is 32.2. The summed E-state index contributed by atoms with van der Waals surface area (Å²) in [7, 11) is -3.71. The minimum atomic E-state index is -3.71. The number of carbonyl (C=O) groups excluding carboxylic acids is 1. The first-order chi connectivity index (χ1) is 9.79. The van der Waals surface area contributed by atoms with E-state index in [4.69, 9.17) is 5.11 Å². The van der Waals surface area contributed by atoms with E-state index < -0.39 is 16.0 Å². The summed E-state index contributed by atoms with van der Waals surface area (Å²) in [6.07, 6.45) is 1.10. The molecule has 1 aliphatic rings. The molecule has 7 nitrogen and oxygen atoms in total. The first kappa shape index (κ1) is 15.9. The van der Waals surface area contributed by atoms with E-state index in [1.807, 2.05) is 0 Å². The van der Waals surface area contributed by atoms with Gasteiger partial charge in [0.1, 0.15) is 4.21 Å². The highest BCUT2D eigenvalue weighted by Crippen LogP contribution is 2.22. The molecule has 2 rings (SSSR count). The molecule has 1 saturated heterocycles. The number of carboxylic acid groups (broad SMARTS) is 1. The Balaban J connectivity index is 2.01. The van der Waals surface area contributed by atoms with Crippen molar-refractivity contribution in [3.63, 3.8) is 0 Å². The molecule has 0 radical (unpaired) electrons. The maximum absolute atomic E-state index is 12.2. The molecule has 0 saturated carbocycles. The van der Waals surface area contributed by atoms with Crippen molar-refractivity contribution in [1.82, 2.24) is 9.62 Å². The Bertz CT molecular complexity index is 644. The van der Waals surface area contributed by atoms with Crippen LogP contribution in [0.3, 0.4) is 0 Å². The van der Waals surface area contributed by atoms with Crippen LogP contribution >= 0.6 is 11.3 Å². The van der Waals surface area contributed by atoms with Gasteiger partial charge >= 0.3 is 5.97 Å². The molecule has 1 fully saturated rings. The van der Waals surface area contributed by atoms with Crippen molar-refractivity contribution < 1.29 is 23.1 Å². The summed E-state index contributed by atoms with van der Waals surface area (Å²) >= 11 is 0.883. The lowest BCUT2D eigenvalue weighted by molar-refractivity contribution is -0.129. The molecule has 0 bridgehead atoms. The Morgan fingerprint density at radius 2 is 2.00 bits per heavy atom. The van der Waals surface area contributed by atoms with Crippen molar-refractivity contribution in [3.05, 3.63) is 17.0 Å². The van der Waals surface area contributed by atoms with Gasteiger partial charge in [0.15, 0.2) is 0 Å². The van der Waals surface area contributed by atoms with Crippen molar-refractivity contribution in [2.24, 2.45) is 0 Å². The Kier molecular flexibility index (Phi) is 4.64. The number of hydrogen-bond donors (Lipinski definition) is 2. The van der Waals surface area contributed by atoms with Gasteiger partial charge in [0.2, 0.25) is 15.9 Å². The minimum absolute atomic E-state index is 0.00565. The number of piperidine rings is 1. The summed E-state index contributed by atoms with van der Waals surface area (Å²) in [4.78, 5) is 23.7. The molecule has 0 aromatic carbocycles. The zero-order chi connectivity index (χ0) is 15.6. The Morgan fingerprint density at radius 3 is 2.48 bits per heavy atom. The molecule has 0 atom stereocenters. The fraction of sp³-hybridized carbons (Fsp3) is 0.500. The van der Waals surface area contributed by atoms with Crippen molar-refractivity contribution in [2.45, 2.75) is 30.0 Å². The third-order valence-electron chi connectivity index (χ3n) is 3.35. The van der Waals surface area contributed by atoms with Gasteiger partial charge < -0.3 is 10.0 Å². The summed E-state index contributed by atoms with van der Waals surface area (Å²) in [5.74, 6) is -1.16. The van der Waals surface area contributed by atoms with Gasteiger partial charge in [-0.2, -0.15) is 0 Å². The largest absolute Gasteiger partial charge is 0.478 e. The lowest BCUT2D eigenvalue weighted by atomic mass is 10.1. The lowest BCUT2D eigenvalue weighted by Crippen LogP contribution is -2.45. The number of carboxylic acids is 1. The summed E-state index contributed by atoms with van der Waals surface area (Å²) < 4.78 is 26.9. The Labute approximate surface area is 126 Å². The van der Waals surface area contributed by atoms with Crippen molar-refractivity contribution in [3.8, 4) is 0 Å². The average molecular weight is 332 g/mol. The molecular formula is C12H16N2O5S2. The number of hydrogen-bond acceptors (Lipinski definition) is 5. The minimum Gasteiger partial charge on any atom is -0.478 e. The second kappa shape index (κ2) is 6.12. The second-order valence-electron chi connectivity index (χ2n) is 4.86. The zero-order valence-corrected chi connectivity index (χ0v) is 13.0. The number of likely N-dealkylation sites (tertiary alicyclic amines) is 1. The third-order valence-corrected chi connectivity index (χ3v) is 6.31. The van der Waals surface area contributed by atoms with Crippen LogP contribution in [0.1, 0.15) is 30.1 Å². The molecule has 1 aromatic heterocycles. The van der Waals surface area contributed by atoms with Crippen LogP contribution in [0.4, 0.5) is 0 Å². The first-order valence-electron chi connectivity index (χ1n) is 6.39. The SMILES string of the molecule is CC(=O)N1CCC(NS(=O)(=O)c2cc(C(=O)O)cs2)CC1. The molecule has 2 N–H and O–H groups in total. The predicted octanol–water partition coefficient (Wildman–Crippen LogP) is 0.736. The van der Waals surface area contributed by atoms with E-state index in [1.54, 1.807) is 4.90 Å². The molecule has 0 unspecified atom stereocenters. The van der Waals surface area contributed by atoms with Gasteiger partial charge in [0, 0.05) is 31.4 Å². The molecule has 9 heteroatoms. The zero-order valence-electron chi connectivity index (χ0n) is 11.4. The van der Waals surface area contributed by atoms with Crippen molar-refractivity contribution >= 4 is 33.2 Å². The maximum Gasteiger partial charge on any atom is 0.336 e. The van der Waals surface area contributed by atoms with Gasteiger partial charge in [-0.05, 0) is 18.9 Å². The van der Waals surface area contributed by atoms with Crippen LogP contribution in [0.2, 0.25) is 0 Å². The van der Waals surface area contributed by atoms with E-state index in [1.165, 1.54) is 12.3 Å². The number of carbonyl (C=O) groups is 2. The van der Waals surface area contributed by atoms with Crippen LogP contribution in [0, 0.1) is 0 Å². The van der Waals surface area contributed by atoms with Crippen molar-refractivity contribution in [2.75, 3.05) is 13.1 Å². The molecule has 116 valence electrons. The number of nitrogens with zero attached hydrogens (tertiary/aromatic N) is 1. The topological polar surface area (TPSA) is 104 Å². The molecular weight excluding hydrogens is 316 g/mol. The predicted molar refractivity (Wildman–Crippen MR) is 76.9 cm³/mol. The molecule has 1 aromatic rings. The third kappa shape index (κ3) is 3.80. The van der Waals surface area contributed by atoms with Gasteiger partial charge in [0.25, 0.3) is 0 Å². The molecule has 0 spiro atoms. The van der Waals surface area contributed by atoms with Gasteiger partial charge in [-0.3, -0.25) is 4.79 Å². The quantitative estimate of drug-likeness (QED) is 0.846. The second-order valence-corrected chi connectivity index (χ2v) is 7.71. The monoisotopic (exact) mass is 332 g/mol. The van der Waals surface area contributed by atoms with Crippen LogP contribution < -0.4 is 4.72 Å². The molecule has 1 amide bonds. The Morgan fingerprint density at radius 1 is 1.38 bits per heavy atom. The standard InChI is InChI=1S/C12H16N2O5S2/c1-8(15)14-4-2-10(3-5-14)13-21(18,19)11-6-9(7-20-11)12(16)17/h6-7,10,13H,2-5H2,1H3,(H,16,17). The van der Waals surface area contributed by atoms with Crippen LogP contribution in [-0.4, -0.2) is 49.4 Å². The number of nitrogens with one attached hydrogen (secondary N) is 1. The van der Waals surface area contributed by atoms with Gasteiger partial charge in [0.05, 0.1) is 5.56 Å². The van der Waals surface area contributed by atoms with E-state index in [0.717, 1.165) is 17.4 Å². The number of thiophene rings is 1. The first-order valence-corrected chi connectivity index (χ1v) is 8.75. The molecule has 2 heterocycles. The van der Waals surface area contributed by atoms with E-state index in [-0.39, 0.29) is 21.7 Å². The van der Waals surface area contributed by atoms with E-state index >= 15 is 0 Å². The Hall–Kier alpha value is -1.45. The van der Waals surface area contributed by atoms with Gasteiger partial charge in [-0.25, -0.2) is 17.9 Å². The summed E-state index contributed by atoms with van der Waals surface area (Å²) in [5.41, 5.74) is -0.0354. The number of sulfonamides is 1. The number of aromatic carboxylic acids is 1. The van der Waals surface area contributed by atoms with Crippen LogP contribution in [-0.2, 0) is 14.8 Å². The lowest BCUT2D eigenvalue weighted by Gasteiger charge is -2.31. The van der Waals surface area contributed by atoms with Crippen LogP contribution in [0.5, 0.6) is 0 Å². The summed E-state index contributed by atoms with van der Waals surface area (Å²) in [5, 5.41) is 10.1. The fourth-order valence-electron chi connectivity index (χ4n) is 2.16.